The van der Waals surface area contributed by atoms with Gasteiger partial charge >= 0.3 is 0 Å². The smallest absolute Gasteiger partial charge is 0.142 e. The number of rotatable bonds is 2. The Balaban J connectivity index is 2.44. The largest absolute Gasteiger partial charge is 0.206 e. The van der Waals surface area contributed by atoms with Gasteiger partial charge in [-0.2, -0.15) is 0 Å². The van der Waals surface area contributed by atoms with Crippen molar-refractivity contribution in [3.8, 4) is 0 Å². The molecule has 1 unspecified atom stereocenters. The molecule has 0 bridgehead atoms. The first-order valence-corrected chi connectivity index (χ1v) is 6.64. The first kappa shape index (κ1) is 13.8. The maximum Gasteiger partial charge on any atom is 0.142 e. The van der Waals surface area contributed by atoms with E-state index >= 15 is 0 Å². The molecule has 2 aromatic carbocycles. The summed E-state index contributed by atoms with van der Waals surface area (Å²) in [4.78, 5) is 0. The van der Waals surface area contributed by atoms with Crippen LogP contribution in [0.2, 0.25) is 5.02 Å². The van der Waals surface area contributed by atoms with Crippen LogP contribution in [0.25, 0.3) is 0 Å². The molecule has 1 atom stereocenters. The Kier molecular flexibility index (Phi) is 4.25. The van der Waals surface area contributed by atoms with E-state index in [4.69, 9.17) is 23.2 Å². The van der Waals surface area contributed by atoms with Gasteiger partial charge in [-0.25, -0.2) is 8.78 Å². The van der Waals surface area contributed by atoms with Crippen molar-refractivity contribution in [3.05, 3.63) is 68.7 Å². The van der Waals surface area contributed by atoms with Crippen LogP contribution >= 0.6 is 39.1 Å². The predicted octanol–water partition coefficient (Wildman–Crippen LogP) is 5.71. The number of alkyl halides is 1. The van der Waals surface area contributed by atoms with Crippen molar-refractivity contribution in [3.63, 3.8) is 0 Å². The molecule has 2 aromatic rings. The van der Waals surface area contributed by atoms with E-state index in [9.17, 15) is 8.78 Å². The van der Waals surface area contributed by atoms with Crippen LogP contribution in [-0.2, 0) is 0 Å². The lowest BCUT2D eigenvalue weighted by molar-refractivity contribution is 0.619. The van der Waals surface area contributed by atoms with Gasteiger partial charge in [0.2, 0.25) is 0 Å². The molecule has 94 valence electrons. The molecule has 0 saturated carbocycles. The van der Waals surface area contributed by atoms with Crippen molar-refractivity contribution in [2.24, 2.45) is 0 Å². The van der Waals surface area contributed by atoms with Crippen LogP contribution in [0.1, 0.15) is 16.5 Å². The van der Waals surface area contributed by atoms with Crippen molar-refractivity contribution >= 4 is 39.1 Å². The zero-order chi connectivity index (χ0) is 13.3. The quantitative estimate of drug-likeness (QED) is 0.608. The van der Waals surface area contributed by atoms with Crippen LogP contribution in [0.3, 0.4) is 0 Å². The van der Waals surface area contributed by atoms with Gasteiger partial charge in [-0.15, -0.1) is 11.6 Å². The molecule has 0 nitrogen and oxygen atoms in total. The highest BCUT2D eigenvalue weighted by molar-refractivity contribution is 9.10. The van der Waals surface area contributed by atoms with E-state index in [2.05, 4.69) is 15.9 Å². The van der Waals surface area contributed by atoms with Gasteiger partial charge in [0, 0.05) is 0 Å². The van der Waals surface area contributed by atoms with Gasteiger partial charge < -0.3 is 0 Å². The molecule has 5 heteroatoms. The molecule has 0 radical (unpaired) electrons. The first-order chi connectivity index (χ1) is 8.50. The third-order valence-corrected chi connectivity index (χ3v) is 3.98. The van der Waals surface area contributed by atoms with Crippen LogP contribution in [0.4, 0.5) is 8.78 Å². The van der Waals surface area contributed by atoms with Gasteiger partial charge in [-0.1, -0.05) is 29.8 Å². The Morgan fingerprint density at radius 1 is 1.06 bits per heavy atom. The fraction of sp³-hybridized carbons (Fsp3) is 0.0769. The van der Waals surface area contributed by atoms with E-state index in [0.717, 1.165) is 0 Å². The Hall–Kier alpha value is -0.640. The van der Waals surface area contributed by atoms with Crippen molar-refractivity contribution < 1.29 is 8.78 Å². The molecule has 0 aliphatic carbocycles. The van der Waals surface area contributed by atoms with Crippen molar-refractivity contribution in [2.45, 2.75) is 5.38 Å². The minimum atomic E-state index is -0.634. The average molecular weight is 352 g/mol. The summed E-state index contributed by atoms with van der Waals surface area (Å²) in [6.45, 7) is 0. The Bertz CT molecular complexity index is 587. The molecule has 0 aromatic heterocycles. The van der Waals surface area contributed by atoms with E-state index < -0.39 is 11.2 Å². The van der Waals surface area contributed by atoms with Gasteiger partial charge in [-0.05, 0) is 45.3 Å². The van der Waals surface area contributed by atoms with Gasteiger partial charge in [0.15, 0.2) is 0 Å². The molecular weight excluding hydrogens is 345 g/mol. The van der Waals surface area contributed by atoms with E-state index in [-0.39, 0.29) is 10.8 Å². The first-order valence-electron chi connectivity index (χ1n) is 5.03. The normalized spacial score (nSPS) is 12.5. The summed E-state index contributed by atoms with van der Waals surface area (Å²) < 4.78 is 26.8. The van der Waals surface area contributed by atoms with Crippen LogP contribution in [0.5, 0.6) is 0 Å². The lowest BCUT2D eigenvalue weighted by atomic mass is 10.0. The van der Waals surface area contributed by atoms with E-state index in [1.807, 2.05) is 0 Å². The number of halogens is 5. The lowest BCUT2D eigenvalue weighted by Crippen LogP contribution is -1.96. The number of hydrogen-bond donors (Lipinski definition) is 0. The molecule has 0 aliphatic rings. The minimum absolute atomic E-state index is 0.0158. The summed E-state index contributed by atoms with van der Waals surface area (Å²) in [5, 5.41) is -0.650. The molecule has 0 amide bonds. The second-order valence-electron chi connectivity index (χ2n) is 3.68. The van der Waals surface area contributed by atoms with Crippen LogP contribution < -0.4 is 0 Å². The number of hydrogen-bond acceptors (Lipinski definition) is 0. The highest BCUT2D eigenvalue weighted by atomic mass is 79.9. The lowest BCUT2D eigenvalue weighted by Gasteiger charge is -2.13. The molecule has 2 rings (SSSR count). The molecular formula is C13H7BrCl2F2. The third-order valence-electron chi connectivity index (χ3n) is 2.49. The summed E-state index contributed by atoms with van der Waals surface area (Å²) in [6, 6.07) is 8.82. The standard InChI is InChI=1S/C13H7BrCl2F2/c14-9-6-7(4-5-10(9)17)12(15)8-2-1-3-11(18)13(8)16/h1-6,12H. The number of benzene rings is 2. The second kappa shape index (κ2) is 5.55. The van der Waals surface area contributed by atoms with Crippen molar-refractivity contribution in [1.29, 1.82) is 0 Å². The maximum absolute atomic E-state index is 13.3. The topological polar surface area (TPSA) is 0 Å². The summed E-state index contributed by atoms with van der Waals surface area (Å²) in [5.41, 5.74) is 1.09. The maximum atomic E-state index is 13.3. The molecule has 0 fully saturated rings. The predicted molar refractivity (Wildman–Crippen MR) is 73.2 cm³/mol. The summed E-state index contributed by atoms with van der Waals surface area (Å²) in [5.74, 6) is -0.908. The molecule has 0 N–H and O–H groups in total. The fourth-order valence-corrected chi connectivity index (χ4v) is 2.57. The highest BCUT2D eigenvalue weighted by Gasteiger charge is 2.17. The van der Waals surface area contributed by atoms with Crippen molar-refractivity contribution in [1.82, 2.24) is 0 Å². The Morgan fingerprint density at radius 2 is 1.78 bits per heavy atom. The summed E-state index contributed by atoms with van der Waals surface area (Å²) >= 11 is 15.2. The van der Waals surface area contributed by atoms with E-state index in [0.29, 0.717) is 15.6 Å². The van der Waals surface area contributed by atoms with Crippen LogP contribution in [0, 0.1) is 11.6 Å². The van der Waals surface area contributed by atoms with Gasteiger partial charge in [0.25, 0.3) is 0 Å². The van der Waals surface area contributed by atoms with Gasteiger partial charge in [0.05, 0.1) is 14.9 Å². The SMILES string of the molecule is Fc1ccc(C(Cl)c2cccc(F)c2Cl)cc1Br. The summed E-state index contributed by atoms with van der Waals surface area (Å²) in [7, 11) is 0. The molecule has 0 aliphatic heterocycles. The van der Waals surface area contributed by atoms with Crippen molar-refractivity contribution in [2.75, 3.05) is 0 Å². The minimum Gasteiger partial charge on any atom is -0.206 e. The molecule has 0 spiro atoms. The average Bonchev–Trinajstić information content (AvgIpc) is 2.35. The fourth-order valence-electron chi connectivity index (χ4n) is 1.57. The van der Waals surface area contributed by atoms with E-state index in [1.54, 1.807) is 18.2 Å². The Morgan fingerprint density at radius 3 is 2.44 bits per heavy atom. The van der Waals surface area contributed by atoms with Crippen LogP contribution in [-0.4, -0.2) is 0 Å². The molecule has 0 saturated heterocycles. The third kappa shape index (κ3) is 2.68. The monoisotopic (exact) mass is 350 g/mol. The highest BCUT2D eigenvalue weighted by Crippen LogP contribution is 2.35. The van der Waals surface area contributed by atoms with Gasteiger partial charge in [-0.3, -0.25) is 0 Å². The molecule has 0 heterocycles. The Labute approximate surface area is 122 Å². The molecule has 18 heavy (non-hydrogen) atoms. The zero-order valence-corrected chi connectivity index (χ0v) is 12.0. The van der Waals surface area contributed by atoms with E-state index in [1.165, 1.54) is 18.2 Å². The van der Waals surface area contributed by atoms with Gasteiger partial charge in [0.1, 0.15) is 11.6 Å². The second-order valence-corrected chi connectivity index (χ2v) is 5.35. The summed E-state index contributed by atoms with van der Waals surface area (Å²) in [6.07, 6.45) is 0. The van der Waals surface area contributed by atoms with Crippen LogP contribution in [0.15, 0.2) is 40.9 Å². The zero-order valence-electron chi connectivity index (χ0n) is 8.93.